The predicted molar refractivity (Wildman–Crippen MR) is 95.3 cm³/mol. The fraction of sp³-hybridized carbons (Fsp3) is 0.632. The van der Waals surface area contributed by atoms with Crippen molar-refractivity contribution >= 4 is 5.91 Å². The van der Waals surface area contributed by atoms with Crippen molar-refractivity contribution in [2.24, 2.45) is 0 Å². The van der Waals surface area contributed by atoms with Gasteiger partial charge in [-0.25, -0.2) is 0 Å². The Hall–Kier alpha value is -1.59. The number of methoxy groups -OCH3 is 1. The lowest BCUT2D eigenvalue weighted by atomic mass is 10.1. The van der Waals surface area contributed by atoms with Crippen molar-refractivity contribution in [1.82, 2.24) is 15.1 Å². The van der Waals surface area contributed by atoms with Gasteiger partial charge in [0.1, 0.15) is 5.75 Å². The molecule has 1 aromatic rings. The zero-order chi connectivity index (χ0) is 16.9. The number of carbonyl (C=O) groups excluding carboxylic acids is 1. The highest BCUT2D eigenvalue weighted by atomic mass is 16.5. The molecule has 0 spiro atoms. The fourth-order valence-corrected chi connectivity index (χ4v) is 3.17. The van der Waals surface area contributed by atoms with Crippen molar-refractivity contribution in [2.75, 3.05) is 39.8 Å². The highest BCUT2D eigenvalue weighted by molar-refractivity contribution is 5.81. The smallest absolute Gasteiger partial charge is 0.237 e. The summed E-state index contributed by atoms with van der Waals surface area (Å²) >= 11 is 0. The Labute approximate surface area is 145 Å². The van der Waals surface area contributed by atoms with E-state index in [1.54, 1.807) is 7.11 Å². The van der Waals surface area contributed by atoms with Crippen LogP contribution in [0, 0.1) is 0 Å². The number of hydrogen-bond donors (Lipinski definition) is 1. The van der Waals surface area contributed by atoms with Gasteiger partial charge in [0, 0.05) is 38.8 Å². The molecule has 0 unspecified atom stereocenters. The minimum atomic E-state index is -0.00524. The average Bonchev–Trinajstić information content (AvgIpc) is 3.44. The van der Waals surface area contributed by atoms with Crippen LogP contribution in [0.15, 0.2) is 24.3 Å². The van der Waals surface area contributed by atoms with Crippen LogP contribution in [0.1, 0.15) is 25.3 Å². The van der Waals surface area contributed by atoms with Crippen LogP contribution in [0.25, 0.3) is 0 Å². The van der Waals surface area contributed by atoms with Crippen LogP contribution >= 0.6 is 0 Å². The van der Waals surface area contributed by atoms with Gasteiger partial charge in [0.05, 0.1) is 13.2 Å². The molecule has 1 saturated carbocycles. The minimum Gasteiger partial charge on any atom is -0.497 e. The Bertz CT molecular complexity index is 534. The number of nitrogens with zero attached hydrogens (tertiary/aromatic N) is 2. The Morgan fingerprint density at radius 3 is 2.46 bits per heavy atom. The second-order valence-electron chi connectivity index (χ2n) is 6.93. The first-order chi connectivity index (χ1) is 11.7. The van der Waals surface area contributed by atoms with E-state index in [0.29, 0.717) is 6.04 Å². The maximum absolute atomic E-state index is 12.2. The summed E-state index contributed by atoms with van der Waals surface area (Å²) in [6, 6.07) is 8.76. The molecule has 0 bridgehead atoms. The highest BCUT2D eigenvalue weighted by Crippen LogP contribution is 2.19. The molecular weight excluding hydrogens is 302 g/mol. The van der Waals surface area contributed by atoms with Gasteiger partial charge in [-0.05, 0) is 43.9 Å². The third-order valence-corrected chi connectivity index (χ3v) is 5.13. The topological polar surface area (TPSA) is 44.8 Å². The molecule has 1 heterocycles. The van der Waals surface area contributed by atoms with E-state index >= 15 is 0 Å². The third-order valence-electron chi connectivity index (χ3n) is 5.13. The van der Waals surface area contributed by atoms with Crippen molar-refractivity contribution < 1.29 is 9.53 Å². The summed E-state index contributed by atoms with van der Waals surface area (Å²) in [7, 11) is 1.69. The third kappa shape index (κ3) is 4.71. The molecule has 2 aliphatic rings. The minimum absolute atomic E-state index is 0.00524. The van der Waals surface area contributed by atoms with Gasteiger partial charge in [0.15, 0.2) is 0 Å². The number of hydrogen-bond acceptors (Lipinski definition) is 4. The molecular formula is C19H29N3O2. The van der Waals surface area contributed by atoms with Crippen LogP contribution < -0.4 is 10.1 Å². The lowest BCUT2D eigenvalue weighted by molar-refractivity contribution is -0.126. The van der Waals surface area contributed by atoms with E-state index in [-0.39, 0.29) is 11.9 Å². The summed E-state index contributed by atoms with van der Waals surface area (Å²) in [5.41, 5.74) is 1.34. The average molecular weight is 331 g/mol. The first-order valence-corrected chi connectivity index (χ1v) is 9.05. The summed E-state index contributed by atoms with van der Waals surface area (Å²) in [5.74, 6) is 1.11. The van der Waals surface area contributed by atoms with Gasteiger partial charge < -0.3 is 15.0 Å². The molecule has 2 fully saturated rings. The van der Waals surface area contributed by atoms with Gasteiger partial charge in [-0.3, -0.25) is 9.69 Å². The molecule has 132 valence electrons. The largest absolute Gasteiger partial charge is 0.497 e. The maximum Gasteiger partial charge on any atom is 0.237 e. The summed E-state index contributed by atoms with van der Waals surface area (Å²) < 4.78 is 5.20. The maximum atomic E-state index is 12.2. The van der Waals surface area contributed by atoms with Gasteiger partial charge in [-0.2, -0.15) is 0 Å². The Kier molecular flexibility index (Phi) is 5.74. The molecule has 1 aliphatic heterocycles. The molecule has 3 rings (SSSR count). The Morgan fingerprint density at radius 2 is 1.88 bits per heavy atom. The fourth-order valence-electron chi connectivity index (χ4n) is 3.17. The quantitative estimate of drug-likeness (QED) is 0.823. The zero-order valence-electron chi connectivity index (χ0n) is 14.8. The van der Waals surface area contributed by atoms with Crippen molar-refractivity contribution in [1.29, 1.82) is 0 Å². The molecule has 0 aromatic heterocycles. The first kappa shape index (κ1) is 17.2. The molecule has 5 heteroatoms. The molecule has 24 heavy (non-hydrogen) atoms. The van der Waals surface area contributed by atoms with Crippen molar-refractivity contribution in [3.05, 3.63) is 29.8 Å². The van der Waals surface area contributed by atoms with E-state index in [4.69, 9.17) is 4.74 Å². The first-order valence-electron chi connectivity index (χ1n) is 9.05. The second-order valence-corrected chi connectivity index (χ2v) is 6.93. The number of ether oxygens (including phenoxy) is 1. The number of rotatable bonds is 7. The highest BCUT2D eigenvalue weighted by Gasteiger charge is 2.29. The van der Waals surface area contributed by atoms with E-state index in [9.17, 15) is 4.79 Å². The number of benzene rings is 1. The van der Waals surface area contributed by atoms with Crippen molar-refractivity contribution in [2.45, 2.75) is 38.3 Å². The molecule has 1 amide bonds. The Morgan fingerprint density at radius 1 is 1.21 bits per heavy atom. The number of piperazine rings is 1. The molecule has 1 aromatic carbocycles. The van der Waals surface area contributed by atoms with Gasteiger partial charge in [-0.1, -0.05) is 12.1 Å². The van der Waals surface area contributed by atoms with E-state index in [2.05, 4.69) is 27.2 Å². The van der Waals surface area contributed by atoms with Gasteiger partial charge in [-0.15, -0.1) is 0 Å². The van der Waals surface area contributed by atoms with Crippen LogP contribution in [0.5, 0.6) is 5.75 Å². The molecule has 5 nitrogen and oxygen atoms in total. The molecule has 1 N–H and O–H groups in total. The van der Waals surface area contributed by atoms with E-state index in [0.717, 1.165) is 57.7 Å². The van der Waals surface area contributed by atoms with Crippen molar-refractivity contribution in [3.8, 4) is 5.75 Å². The zero-order valence-corrected chi connectivity index (χ0v) is 14.8. The number of amides is 1. The SMILES string of the molecule is COc1ccc(CCN2CCN([C@H](C)C(=O)NC3CC3)CC2)cc1. The van der Waals surface area contributed by atoms with E-state index in [1.807, 2.05) is 19.1 Å². The van der Waals surface area contributed by atoms with Crippen LogP contribution in [-0.4, -0.2) is 67.6 Å². The van der Waals surface area contributed by atoms with Crippen LogP contribution in [0.3, 0.4) is 0 Å². The molecule has 1 aliphatic carbocycles. The Balaban J connectivity index is 1.38. The van der Waals surface area contributed by atoms with Gasteiger partial charge in [0.25, 0.3) is 0 Å². The molecule has 1 saturated heterocycles. The summed E-state index contributed by atoms with van der Waals surface area (Å²) in [5, 5.41) is 3.11. The summed E-state index contributed by atoms with van der Waals surface area (Å²) in [6.07, 6.45) is 3.36. The monoisotopic (exact) mass is 331 g/mol. The van der Waals surface area contributed by atoms with Gasteiger partial charge in [0.2, 0.25) is 5.91 Å². The predicted octanol–water partition coefficient (Wildman–Crippen LogP) is 1.52. The number of carbonyl (C=O) groups is 1. The standard InChI is InChI=1S/C19H29N3O2/c1-15(19(23)20-17-5-6-17)22-13-11-21(12-14-22)10-9-16-3-7-18(24-2)8-4-16/h3-4,7-8,15,17H,5-6,9-14H2,1-2H3,(H,20,23)/t15-/m1/s1. The van der Waals surface area contributed by atoms with E-state index < -0.39 is 0 Å². The normalized spacial score (nSPS) is 20.6. The lowest BCUT2D eigenvalue weighted by Crippen LogP contribution is -2.54. The molecule has 0 radical (unpaired) electrons. The van der Waals surface area contributed by atoms with Crippen molar-refractivity contribution in [3.63, 3.8) is 0 Å². The van der Waals surface area contributed by atoms with Crippen LogP contribution in [-0.2, 0) is 11.2 Å². The lowest BCUT2D eigenvalue weighted by Gasteiger charge is -2.37. The van der Waals surface area contributed by atoms with Gasteiger partial charge >= 0.3 is 0 Å². The summed E-state index contributed by atoms with van der Waals surface area (Å²) in [4.78, 5) is 17.0. The number of nitrogens with one attached hydrogen (secondary N) is 1. The summed E-state index contributed by atoms with van der Waals surface area (Å²) in [6.45, 7) is 7.13. The second kappa shape index (κ2) is 7.99. The molecule has 1 atom stereocenters. The van der Waals surface area contributed by atoms with Crippen LogP contribution in [0.2, 0.25) is 0 Å². The van der Waals surface area contributed by atoms with Crippen LogP contribution in [0.4, 0.5) is 0 Å². The van der Waals surface area contributed by atoms with E-state index in [1.165, 1.54) is 5.56 Å².